The Morgan fingerprint density at radius 1 is 1.50 bits per heavy atom. The van der Waals surface area contributed by atoms with Crippen molar-refractivity contribution in [3.05, 3.63) is 0 Å². The fourth-order valence-corrected chi connectivity index (χ4v) is 1.24. The Kier molecular flexibility index (Phi) is 3.73. The lowest BCUT2D eigenvalue weighted by Crippen LogP contribution is -2.46. The number of carbonyl (C=O) groups excluding carboxylic acids is 1. The van der Waals surface area contributed by atoms with Crippen LogP contribution in [0.25, 0.3) is 0 Å². The summed E-state index contributed by atoms with van der Waals surface area (Å²) in [5.41, 5.74) is 0. The van der Waals surface area contributed by atoms with Crippen LogP contribution >= 0.6 is 0 Å². The van der Waals surface area contributed by atoms with E-state index < -0.39 is 18.0 Å². The lowest BCUT2D eigenvalue weighted by atomic mass is 9.85. The number of carbonyl (C=O) groups is 2. The van der Waals surface area contributed by atoms with Crippen molar-refractivity contribution in [2.75, 3.05) is 6.54 Å². The first kappa shape index (κ1) is 10.8. The highest BCUT2D eigenvalue weighted by atomic mass is 16.4. The summed E-state index contributed by atoms with van der Waals surface area (Å²) in [4.78, 5) is 21.5. The summed E-state index contributed by atoms with van der Waals surface area (Å²) >= 11 is 0. The number of nitrogens with one attached hydrogen (secondary N) is 2. The summed E-state index contributed by atoms with van der Waals surface area (Å²) in [6, 6.07) is -1.23. The van der Waals surface area contributed by atoms with Crippen LogP contribution in [0.5, 0.6) is 0 Å². The van der Waals surface area contributed by atoms with Crippen LogP contribution in [0.1, 0.15) is 26.2 Å². The predicted octanol–water partition coefficient (Wildman–Crippen LogP) is 0.559. The number of amides is 2. The number of rotatable bonds is 4. The van der Waals surface area contributed by atoms with E-state index in [0.717, 1.165) is 12.8 Å². The monoisotopic (exact) mass is 200 g/mol. The molecule has 5 heteroatoms. The summed E-state index contributed by atoms with van der Waals surface area (Å²) in [5.74, 6) is -0.440. The summed E-state index contributed by atoms with van der Waals surface area (Å²) in [7, 11) is 0. The predicted molar refractivity (Wildman–Crippen MR) is 51.0 cm³/mol. The van der Waals surface area contributed by atoms with E-state index in [0.29, 0.717) is 12.5 Å². The van der Waals surface area contributed by atoms with Crippen molar-refractivity contribution in [1.29, 1.82) is 0 Å². The molecule has 0 radical (unpaired) electrons. The highest BCUT2D eigenvalue weighted by Crippen LogP contribution is 2.24. The Balaban J connectivity index is 2.11. The van der Waals surface area contributed by atoms with Gasteiger partial charge < -0.3 is 15.7 Å². The first-order valence-electron chi connectivity index (χ1n) is 4.86. The van der Waals surface area contributed by atoms with Crippen molar-refractivity contribution in [3.63, 3.8) is 0 Å². The fraction of sp³-hybridized carbons (Fsp3) is 0.778. The zero-order valence-electron chi connectivity index (χ0n) is 8.25. The second-order valence-electron chi connectivity index (χ2n) is 3.71. The minimum atomic E-state index is -1.02. The van der Waals surface area contributed by atoms with Crippen molar-refractivity contribution in [2.45, 2.75) is 32.2 Å². The molecule has 1 rings (SSSR count). The van der Waals surface area contributed by atoms with Crippen molar-refractivity contribution < 1.29 is 14.7 Å². The fourth-order valence-electron chi connectivity index (χ4n) is 1.24. The van der Waals surface area contributed by atoms with Crippen LogP contribution in [0.3, 0.4) is 0 Å². The van der Waals surface area contributed by atoms with Gasteiger partial charge in [0.1, 0.15) is 6.04 Å². The lowest BCUT2D eigenvalue weighted by Gasteiger charge is -2.25. The number of urea groups is 1. The Hall–Kier alpha value is -1.26. The van der Waals surface area contributed by atoms with E-state index >= 15 is 0 Å². The average molecular weight is 200 g/mol. The molecule has 1 aliphatic carbocycles. The standard InChI is InChI=1S/C9H16N2O3/c1-6(8(12)13)11-9(14)10-5-7-3-2-4-7/h6-7H,2-5H2,1H3,(H,12,13)(H2,10,11,14)/t6-/m0/s1. The molecule has 0 bridgehead atoms. The second kappa shape index (κ2) is 4.83. The van der Waals surface area contributed by atoms with Crippen LogP contribution in [0.15, 0.2) is 0 Å². The van der Waals surface area contributed by atoms with Gasteiger partial charge >= 0.3 is 12.0 Å². The molecule has 0 aromatic heterocycles. The summed E-state index contributed by atoms with van der Waals surface area (Å²) in [6.45, 7) is 2.09. The van der Waals surface area contributed by atoms with Gasteiger partial charge in [0, 0.05) is 6.54 Å². The molecule has 1 fully saturated rings. The highest BCUT2D eigenvalue weighted by Gasteiger charge is 2.19. The van der Waals surface area contributed by atoms with Gasteiger partial charge in [0.15, 0.2) is 0 Å². The number of hydrogen-bond donors (Lipinski definition) is 3. The molecule has 1 atom stereocenters. The minimum absolute atomic E-state index is 0.396. The molecule has 3 N–H and O–H groups in total. The first-order chi connectivity index (χ1) is 6.59. The molecule has 80 valence electrons. The smallest absolute Gasteiger partial charge is 0.325 e. The van der Waals surface area contributed by atoms with E-state index in [-0.39, 0.29) is 0 Å². The van der Waals surface area contributed by atoms with Gasteiger partial charge in [0.2, 0.25) is 0 Å². The van der Waals surface area contributed by atoms with Crippen molar-refractivity contribution in [3.8, 4) is 0 Å². The van der Waals surface area contributed by atoms with Crippen molar-refractivity contribution in [1.82, 2.24) is 10.6 Å². The summed E-state index contributed by atoms with van der Waals surface area (Å²) < 4.78 is 0. The van der Waals surface area contributed by atoms with Crippen LogP contribution in [-0.4, -0.2) is 29.7 Å². The Morgan fingerprint density at radius 3 is 2.57 bits per heavy atom. The largest absolute Gasteiger partial charge is 0.480 e. The quantitative estimate of drug-likeness (QED) is 0.620. The van der Waals surface area contributed by atoms with Gasteiger partial charge in [0.25, 0.3) is 0 Å². The molecule has 0 aliphatic heterocycles. The maximum absolute atomic E-state index is 11.1. The Labute approximate surface area is 82.9 Å². The minimum Gasteiger partial charge on any atom is -0.480 e. The van der Waals surface area contributed by atoms with E-state index in [4.69, 9.17) is 5.11 Å². The first-order valence-corrected chi connectivity index (χ1v) is 4.86. The molecule has 0 spiro atoms. The van der Waals surface area contributed by atoms with Crippen molar-refractivity contribution in [2.24, 2.45) is 5.92 Å². The van der Waals surface area contributed by atoms with E-state index in [2.05, 4.69) is 10.6 Å². The van der Waals surface area contributed by atoms with Gasteiger partial charge in [-0.3, -0.25) is 4.79 Å². The van der Waals surface area contributed by atoms with Gasteiger partial charge in [-0.25, -0.2) is 4.79 Å². The molecule has 0 unspecified atom stereocenters. The van der Waals surface area contributed by atoms with E-state index in [9.17, 15) is 9.59 Å². The molecule has 1 saturated carbocycles. The number of carboxylic acids is 1. The molecule has 1 aliphatic rings. The second-order valence-corrected chi connectivity index (χ2v) is 3.71. The molecular weight excluding hydrogens is 184 g/mol. The number of carboxylic acid groups (broad SMARTS) is 1. The van der Waals surface area contributed by atoms with Gasteiger partial charge in [0.05, 0.1) is 0 Å². The molecule has 0 saturated heterocycles. The summed E-state index contributed by atoms with van der Waals surface area (Å²) in [5, 5.41) is 13.5. The zero-order valence-corrected chi connectivity index (χ0v) is 8.25. The molecule has 0 aromatic carbocycles. The normalized spacial score (nSPS) is 18.1. The SMILES string of the molecule is C[C@H](NC(=O)NCC1CCC1)C(=O)O. The van der Waals surface area contributed by atoms with E-state index in [1.54, 1.807) is 0 Å². The van der Waals surface area contributed by atoms with Crippen LogP contribution in [-0.2, 0) is 4.79 Å². The van der Waals surface area contributed by atoms with Crippen LogP contribution in [0, 0.1) is 5.92 Å². The molecule has 5 nitrogen and oxygen atoms in total. The molecule has 2 amide bonds. The van der Waals surface area contributed by atoms with E-state index in [1.807, 2.05) is 0 Å². The van der Waals surface area contributed by atoms with Crippen molar-refractivity contribution >= 4 is 12.0 Å². The zero-order chi connectivity index (χ0) is 10.6. The van der Waals surface area contributed by atoms with Crippen LogP contribution in [0.4, 0.5) is 4.79 Å². The lowest BCUT2D eigenvalue weighted by molar-refractivity contribution is -0.138. The van der Waals surface area contributed by atoms with E-state index in [1.165, 1.54) is 13.3 Å². The van der Waals surface area contributed by atoms with Gasteiger partial charge in [-0.2, -0.15) is 0 Å². The molecule has 14 heavy (non-hydrogen) atoms. The van der Waals surface area contributed by atoms with Gasteiger partial charge in [-0.1, -0.05) is 6.42 Å². The third-order valence-electron chi connectivity index (χ3n) is 2.49. The molecule has 0 heterocycles. The maximum atomic E-state index is 11.1. The van der Waals surface area contributed by atoms with Gasteiger partial charge in [-0.05, 0) is 25.7 Å². The van der Waals surface area contributed by atoms with Crippen LogP contribution < -0.4 is 10.6 Å². The average Bonchev–Trinajstić information content (AvgIpc) is 2.00. The Bertz CT molecular complexity index is 226. The molecular formula is C9H16N2O3. The summed E-state index contributed by atoms with van der Waals surface area (Å²) in [6.07, 6.45) is 3.56. The topological polar surface area (TPSA) is 78.4 Å². The third kappa shape index (κ3) is 3.24. The van der Waals surface area contributed by atoms with Crippen LogP contribution in [0.2, 0.25) is 0 Å². The number of hydrogen-bond acceptors (Lipinski definition) is 2. The maximum Gasteiger partial charge on any atom is 0.325 e. The molecule has 0 aromatic rings. The third-order valence-corrected chi connectivity index (χ3v) is 2.49. The Morgan fingerprint density at radius 2 is 2.14 bits per heavy atom. The highest BCUT2D eigenvalue weighted by molar-refractivity contribution is 5.82. The number of aliphatic carboxylic acids is 1. The van der Waals surface area contributed by atoms with Gasteiger partial charge in [-0.15, -0.1) is 0 Å².